The van der Waals surface area contributed by atoms with Crippen LogP contribution in [-0.4, -0.2) is 55.5 Å². The zero-order chi connectivity index (χ0) is 26.7. The average molecular weight is 511 g/mol. The molecule has 37 heavy (non-hydrogen) atoms. The molecule has 1 unspecified atom stereocenters. The first-order chi connectivity index (χ1) is 17.7. The monoisotopic (exact) mass is 510 g/mol. The first-order valence-corrected chi connectivity index (χ1v) is 12.4. The average Bonchev–Trinajstić information content (AvgIpc) is 3.25. The number of aromatic nitrogens is 4. The molecule has 11 nitrogen and oxygen atoms in total. The van der Waals surface area contributed by atoms with Crippen molar-refractivity contribution in [2.24, 2.45) is 12.8 Å². The van der Waals surface area contributed by atoms with Gasteiger partial charge in [0, 0.05) is 39.3 Å². The van der Waals surface area contributed by atoms with E-state index >= 15 is 0 Å². The van der Waals surface area contributed by atoms with E-state index in [1.807, 2.05) is 24.5 Å². The van der Waals surface area contributed by atoms with Crippen molar-refractivity contribution in [1.29, 1.82) is 0 Å². The SMILES string of the molecule is CC(C)=CCn1c(N2CCCC(N)C2)nc2c1c(=O)n(CCc1ccccc1OCC(=O)O)c(=O)n2C. The number of piperidine rings is 1. The molecule has 2 aromatic heterocycles. The number of fused-ring (bicyclic) bond motifs is 1. The Morgan fingerprint density at radius 2 is 2.00 bits per heavy atom. The molecule has 0 aliphatic carbocycles. The molecule has 1 aromatic carbocycles. The molecule has 1 fully saturated rings. The second-order valence-corrected chi connectivity index (χ2v) is 9.66. The lowest BCUT2D eigenvalue weighted by Gasteiger charge is -2.31. The molecule has 1 saturated heterocycles. The van der Waals surface area contributed by atoms with Gasteiger partial charge in [0.1, 0.15) is 5.75 Å². The number of aliphatic carboxylic acids is 1. The number of benzene rings is 1. The van der Waals surface area contributed by atoms with Gasteiger partial charge in [0.05, 0.1) is 0 Å². The lowest BCUT2D eigenvalue weighted by Crippen LogP contribution is -2.44. The number of aryl methyl sites for hydroxylation is 2. The maximum Gasteiger partial charge on any atom is 0.341 e. The van der Waals surface area contributed by atoms with Crippen LogP contribution < -0.4 is 26.6 Å². The minimum Gasteiger partial charge on any atom is -0.482 e. The molecule has 0 bridgehead atoms. The number of nitrogens with zero attached hydrogens (tertiary/aromatic N) is 5. The first-order valence-electron chi connectivity index (χ1n) is 12.4. The summed E-state index contributed by atoms with van der Waals surface area (Å²) < 4.78 is 9.89. The van der Waals surface area contributed by atoms with Crippen LogP contribution in [0.5, 0.6) is 5.75 Å². The molecule has 3 aromatic rings. The van der Waals surface area contributed by atoms with Crippen molar-refractivity contribution in [2.75, 3.05) is 24.6 Å². The summed E-state index contributed by atoms with van der Waals surface area (Å²) in [6.45, 7) is 5.47. The fraction of sp³-hybridized carbons (Fsp3) is 0.462. The molecule has 3 heterocycles. The number of hydrogen-bond donors (Lipinski definition) is 2. The largest absolute Gasteiger partial charge is 0.482 e. The van der Waals surface area contributed by atoms with Gasteiger partial charge in [-0.1, -0.05) is 29.8 Å². The highest BCUT2D eigenvalue weighted by atomic mass is 16.5. The third-order valence-corrected chi connectivity index (χ3v) is 6.56. The number of carboxylic acid groups (broad SMARTS) is 1. The molecule has 4 rings (SSSR count). The third-order valence-electron chi connectivity index (χ3n) is 6.56. The van der Waals surface area contributed by atoms with E-state index in [2.05, 4.69) is 4.90 Å². The molecule has 0 amide bonds. The third kappa shape index (κ3) is 5.61. The van der Waals surface area contributed by atoms with Crippen molar-refractivity contribution >= 4 is 23.1 Å². The highest BCUT2D eigenvalue weighted by molar-refractivity contribution is 5.75. The van der Waals surface area contributed by atoms with Crippen LogP contribution in [0.15, 0.2) is 45.5 Å². The summed E-state index contributed by atoms with van der Waals surface area (Å²) in [6.07, 6.45) is 4.21. The van der Waals surface area contributed by atoms with Gasteiger partial charge in [-0.2, -0.15) is 4.98 Å². The Labute approximate surface area is 214 Å². The molecular weight excluding hydrogens is 476 g/mol. The molecular formula is C26H34N6O5. The van der Waals surface area contributed by atoms with Crippen LogP contribution in [0.4, 0.5) is 5.95 Å². The van der Waals surface area contributed by atoms with Crippen LogP contribution in [0, 0.1) is 0 Å². The van der Waals surface area contributed by atoms with E-state index in [0.29, 0.717) is 47.9 Å². The highest BCUT2D eigenvalue weighted by Crippen LogP contribution is 2.24. The van der Waals surface area contributed by atoms with E-state index < -0.39 is 23.8 Å². The number of hydrogen-bond acceptors (Lipinski definition) is 7. The summed E-state index contributed by atoms with van der Waals surface area (Å²) in [4.78, 5) is 44.8. The van der Waals surface area contributed by atoms with Gasteiger partial charge in [-0.05, 0) is 44.7 Å². The van der Waals surface area contributed by atoms with Crippen molar-refractivity contribution < 1.29 is 14.6 Å². The topological polar surface area (TPSA) is 138 Å². The van der Waals surface area contributed by atoms with Crippen molar-refractivity contribution in [3.05, 3.63) is 62.3 Å². The maximum absolute atomic E-state index is 13.8. The Morgan fingerprint density at radius 3 is 2.70 bits per heavy atom. The van der Waals surface area contributed by atoms with E-state index in [9.17, 15) is 14.4 Å². The summed E-state index contributed by atoms with van der Waals surface area (Å²) >= 11 is 0. The Morgan fingerprint density at radius 1 is 1.24 bits per heavy atom. The van der Waals surface area contributed by atoms with Crippen molar-refractivity contribution in [3.63, 3.8) is 0 Å². The van der Waals surface area contributed by atoms with Gasteiger partial charge in [0.15, 0.2) is 17.8 Å². The Balaban J connectivity index is 1.77. The zero-order valence-corrected chi connectivity index (χ0v) is 21.5. The predicted octanol–water partition coefficient (Wildman–Crippen LogP) is 1.50. The smallest absolute Gasteiger partial charge is 0.341 e. The fourth-order valence-corrected chi connectivity index (χ4v) is 4.66. The van der Waals surface area contributed by atoms with Crippen molar-refractivity contribution in [3.8, 4) is 5.75 Å². The molecule has 1 atom stereocenters. The van der Waals surface area contributed by atoms with Crippen molar-refractivity contribution in [1.82, 2.24) is 18.7 Å². The van der Waals surface area contributed by atoms with Crippen LogP contribution in [0.1, 0.15) is 32.3 Å². The number of allylic oxidation sites excluding steroid dienone is 2. The van der Waals surface area contributed by atoms with E-state index in [0.717, 1.165) is 25.0 Å². The second kappa shape index (κ2) is 11.0. The summed E-state index contributed by atoms with van der Waals surface area (Å²) in [7, 11) is 1.62. The standard InChI is InChI=1S/C26H34N6O5/c1-17(2)10-13-31-22-23(28-25(31)30-12-6-8-19(27)15-30)29(3)26(36)32(24(22)35)14-11-18-7-4-5-9-20(18)37-16-21(33)34/h4-5,7,9-10,19H,6,8,11-16,27H2,1-3H3,(H,33,34). The Kier molecular flexibility index (Phi) is 7.82. The van der Waals surface area contributed by atoms with Gasteiger partial charge in [-0.3, -0.25) is 13.9 Å². The lowest BCUT2D eigenvalue weighted by molar-refractivity contribution is -0.139. The molecule has 0 radical (unpaired) electrons. The number of carbonyl (C=O) groups is 1. The molecule has 11 heteroatoms. The Bertz CT molecular complexity index is 1450. The fourth-order valence-electron chi connectivity index (χ4n) is 4.66. The lowest BCUT2D eigenvalue weighted by atomic mass is 10.1. The second-order valence-electron chi connectivity index (χ2n) is 9.66. The molecule has 1 aliphatic heterocycles. The van der Waals surface area contributed by atoms with E-state index in [1.165, 1.54) is 9.13 Å². The van der Waals surface area contributed by atoms with E-state index in [-0.39, 0.29) is 12.6 Å². The predicted molar refractivity (Wildman–Crippen MR) is 141 cm³/mol. The zero-order valence-electron chi connectivity index (χ0n) is 21.5. The number of nitrogens with two attached hydrogens (primary N) is 1. The maximum atomic E-state index is 13.8. The summed E-state index contributed by atoms with van der Waals surface area (Å²) in [6, 6.07) is 7.04. The minimum absolute atomic E-state index is 0.0226. The number of anilines is 1. The van der Waals surface area contributed by atoms with Crippen molar-refractivity contribution in [2.45, 2.75) is 52.2 Å². The van der Waals surface area contributed by atoms with Crippen LogP contribution in [0.2, 0.25) is 0 Å². The molecule has 0 saturated carbocycles. The van der Waals surface area contributed by atoms with E-state index in [1.54, 1.807) is 31.3 Å². The normalized spacial score (nSPS) is 15.7. The molecule has 3 N–H and O–H groups in total. The van der Waals surface area contributed by atoms with Crippen LogP contribution >= 0.6 is 0 Å². The van der Waals surface area contributed by atoms with E-state index in [4.69, 9.17) is 20.6 Å². The summed E-state index contributed by atoms with van der Waals surface area (Å²) in [5.74, 6) is -0.0338. The molecule has 1 aliphatic rings. The quantitative estimate of drug-likeness (QED) is 0.413. The van der Waals surface area contributed by atoms with Gasteiger partial charge in [-0.15, -0.1) is 0 Å². The van der Waals surface area contributed by atoms with Crippen LogP contribution in [0.25, 0.3) is 11.2 Å². The van der Waals surface area contributed by atoms with Gasteiger partial charge in [0.25, 0.3) is 5.56 Å². The van der Waals surface area contributed by atoms with Gasteiger partial charge >= 0.3 is 11.7 Å². The first kappa shape index (κ1) is 26.2. The number of para-hydroxylation sites is 1. The molecule has 198 valence electrons. The van der Waals surface area contributed by atoms with Crippen LogP contribution in [-0.2, 0) is 31.4 Å². The van der Waals surface area contributed by atoms with Gasteiger partial charge < -0.3 is 25.0 Å². The highest BCUT2D eigenvalue weighted by Gasteiger charge is 2.26. The Hall–Kier alpha value is -3.86. The number of rotatable bonds is 9. The minimum atomic E-state index is -1.08. The number of carboxylic acids is 1. The number of imidazole rings is 1. The van der Waals surface area contributed by atoms with Gasteiger partial charge in [0.2, 0.25) is 5.95 Å². The molecule has 0 spiro atoms. The number of ether oxygens (including phenoxy) is 1. The van der Waals surface area contributed by atoms with Gasteiger partial charge in [-0.25, -0.2) is 9.59 Å². The summed E-state index contributed by atoms with van der Waals surface area (Å²) in [5.41, 5.74) is 7.87. The van der Waals surface area contributed by atoms with Crippen LogP contribution in [0.3, 0.4) is 0 Å². The summed E-state index contributed by atoms with van der Waals surface area (Å²) in [5, 5.41) is 8.95.